The van der Waals surface area contributed by atoms with Crippen LogP contribution in [0.15, 0.2) is 24.3 Å². The number of carbonyl (C=O) groups excluding carboxylic acids is 1. The van der Waals surface area contributed by atoms with Gasteiger partial charge >= 0.3 is 0 Å². The lowest BCUT2D eigenvalue weighted by atomic mass is 9.97. The SMILES string of the molecule is CCCCCCC/C=C\C/C=C\CCCCCCCCCCCCCCCCCCCC(=O)NC(COC1OC(CO)C(OC2OC(CO)C(O)C(O)C2O)C(O)C1O)C(O)CCCCCCCCCCCCCCCCCCCCCCCCCCCCCCCCCCC. The van der Waals surface area contributed by atoms with Crippen molar-refractivity contribution in [2.75, 3.05) is 19.8 Å². The van der Waals surface area contributed by atoms with Crippen LogP contribution in [0.4, 0.5) is 0 Å². The Bertz CT molecular complexity index is 1700. The molecule has 0 aromatic carbocycles. The van der Waals surface area contributed by atoms with E-state index in [2.05, 4.69) is 43.5 Å². The van der Waals surface area contributed by atoms with Gasteiger partial charge in [-0.2, -0.15) is 0 Å². The lowest BCUT2D eigenvalue weighted by Gasteiger charge is -2.46. The van der Waals surface area contributed by atoms with Crippen molar-refractivity contribution in [3.8, 4) is 0 Å². The fraction of sp³-hybridized carbons (Fsp3) is 0.939. The van der Waals surface area contributed by atoms with Crippen LogP contribution in [-0.4, -0.2) is 140 Å². The largest absolute Gasteiger partial charge is 0.394 e. The van der Waals surface area contributed by atoms with Crippen molar-refractivity contribution in [3.05, 3.63) is 24.3 Å². The average Bonchev–Trinajstić information content (AvgIpc) is 0.854. The summed E-state index contributed by atoms with van der Waals surface area (Å²) >= 11 is 0. The summed E-state index contributed by atoms with van der Waals surface area (Å²) in [6.45, 7) is 2.93. The van der Waals surface area contributed by atoms with Gasteiger partial charge in [0.1, 0.15) is 48.8 Å². The van der Waals surface area contributed by atoms with Gasteiger partial charge in [0, 0.05) is 6.42 Å². The normalized spacial score (nSPS) is 22.3. The Morgan fingerprint density at radius 2 is 0.688 bits per heavy atom. The quantitative estimate of drug-likeness (QED) is 0.0204. The molecule has 568 valence electrons. The van der Waals surface area contributed by atoms with Crippen LogP contribution in [0.3, 0.4) is 0 Å². The molecule has 14 nitrogen and oxygen atoms in total. The van der Waals surface area contributed by atoms with Gasteiger partial charge in [-0.3, -0.25) is 4.79 Å². The minimum Gasteiger partial charge on any atom is -0.394 e. The number of carbonyl (C=O) groups is 1. The molecule has 14 heteroatoms. The number of amides is 1. The second-order valence-electron chi connectivity index (χ2n) is 29.6. The predicted octanol–water partition coefficient (Wildman–Crippen LogP) is 19.0. The van der Waals surface area contributed by atoms with Crippen LogP contribution in [-0.2, 0) is 23.7 Å². The van der Waals surface area contributed by atoms with Crippen molar-refractivity contribution in [1.29, 1.82) is 0 Å². The van der Waals surface area contributed by atoms with E-state index >= 15 is 0 Å². The van der Waals surface area contributed by atoms with Crippen molar-refractivity contribution >= 4 is 5.91 Å². The molecule has 2 rings (SSSR count). The predicted molar refractivity (Wildman–Crippen MR) is 397 cm³/mol. The number of hydrogen-bond acceptors (Lipinski definition) is 13. The number of unbranched alkanes of at least 4 members (excludes halogenated alkanes) is 54. The summed E-state index contributed by atoms with van der Waals surface area (Å²) in [5.41, 5.74) is 0. The van der Waals surface area contributed by atoms with E-state index < -0.39 is 86.8 Å². The molecule has 12 atom stereocenters. The highest BCUT2D eigenvalue weighted by atomic mass is 16.7. The number of ether oxygens (including phenoxy) is 4. The lowest BCUT2D eigenvalue weighted by molar-refractivity contribution is -0.359. The molecule has 0 spiro atoms. The number of aliphatic hydroxyl groups excluding tert-OH is 8. The molecule has 1 amide bonds. The summed E-state index contributed by atoms with van der Waals surface area (Å²) in [4.78, 5) is 13.4. The molecule has 2 saturated heterocycles. The van der Waals surface area contributed by atoms with Crippen molar-refractivity contribution in [3.63, 3.8) is 0 Å². The highest BCUT2D eigenvalue weighted by Crippen LogP contribution is 2.31. The maximum atomic E-state index is 13.4. The summed E-state index contributed by atoms with van der Waals surface area (Å²) in [7, 11) is 0. The maximum Gasteiger partial charge on any atom is 0.220 e. The standard InChI is InChI=1S/C82H157NO13/c1-3-5-7-9-11-13-15-17-19-21-23-25-27-29-31-33-34-35-36-38-39-41-43-45-47-49-51-53-55-57-59-61-63-65-71(86)70(69-93-81-79(92)77(90)80(73(68-85)95-81)96-82-78(91)76(89)75(88)72(67-84)94-82)83-74(87)66-64-62-60-58-56-54-52-50-48-46-44-42-40-37-32-30-28-26-24-22-20-18-16-14-12-10-8-6-4-2/h16,18,22,24,70-73,75-82,84-86,88-92H,3-15,17,19-21,23,25-69H2,1-2H3,(H,83,87)/b18-16-,24-22-. The summed E-state index contributed by atoms with van der Waals surface area (Å²) in [6, 6.07) is -0.829. The van der Waals surface area contributed by atoms with Crippen LogP contribution >= 0.6 is 0 Å². The molecule has 2 heterocycles. The van der Waals surface area contributed by atoms with Crippen molar-refractivity contribution < 1.29 is 64.6 Å². The molecular formula is C82H157NO13. The highest BCUT2D eigenvalue weighted by Gasteiger charge is 2.51. The molecule has 0 saturated carbocycles. The zero-order valence-electron chi connectivity index (χ0n) is 62.4. The Labute approximate surface area is 589 Å². The summed E-state index contributed by atoms with van der Waals surface area (Å²) in [5.74, 6) is -0.198. The number of nitrogens with one attached hydrogen (secondary N) is 1. The Balaban J connectivity index is 1.59. The third-order valence-corrected chi connectivity index (χ3v) is 20.7. The van der Waals surface area contributed by atoms with Crippen LogP contribution in [0.1, 0.15) is 399 Å². The van der Waals surface area contributed by atoms with E-state index in [9.17, 15) is 45.6 Å². The minimum absolute atomic E-state index is 0.198. The Morgan fingerprint density at radius 1 is 0.375 bits per heavy atom. The fourth-order valence-electron chi connectivity index (χ4n) is 14.1. The van der Waals surface area contributed by atoms with Crippen molar-refractivity contribution in [2.24, 2.45) is 0 Å². The molecule has 0 aromatic rings. The van der Waals surface area contributed by atoms with E-state index in [4.69, 9.17) is 18.9 Å². The smallest absolute Gasteiger partial charge is 0.220 e. The number of aliphatic hydroxyl groups is 8. The molecule has 0 aliphatic carbocycles. The van der Waals surface area contributed by atoms with Gasteiger partial charge in [0.05, 0.1) is 32.0 Å². The third-order valence-electron chi connectivity index (χ3n) is 20.7. The topological polar surface area (TPSA) is 228 Å². The Morgan fingerprint density at radius 3 is 1.04 bits per heavy atom. The molecular weight excluding hydrogens is 1210 g/mol. The summed E-state index contributed by atoms with van der Waals surface area (Å²) in [6.07, 6.45) is 69.4. The van der Waals surface area contributed by atoms with Gasteiger partial charge < -0.3 is 65.1 Å². The average molecular weight is 1370 g/mol. The number of hydrogen-bond donors (Lipinski definition) is 9. The van der Waals surface area contributed by atoms with E-state index in [0.29, 0.717) is 12.8 Å². The molecule has 2 fully saturated rings. The molecule has 2 aliphatic rings. The first kappa shape index (κ1) is 90.6. The van der Waals surface area contributed by atoms with Crippen LogP contribution in [0.2, 0.25) is 0 Å². The van der Waals surface area contributed by atoms with Gasteiger partial charge in [-0.05, 0) is 44.9 Å². The minimum atomic E-state index is -1.78. The number of rotatable bonds is 71. The van der Waals surface area contributed by atoms with E-state index in [1.54, 1.807) is 0 Å². The summed E-state index contributed by atoms with van der Waals surface area (Å²) in [5, 5.41) is 87.9. The molecule has 0 radical (unpaired) electrons. The van der Waals surface area contributed by atoms with E-state index in [1.165, 1.54) is 315 Å². The zero-order valence-corrected chi connectivity index (χ0v) is 62.4. The van der Waals surface area contributed by atoms with Crippen LogP contribution in [0.5, 0.6) is 0 Å². The maximum absolute atomic E-state index is 13.4. The second kappa shape index (κ2) is 66.7. The third kappa shape index (κ3) is 49.1. The van der Waals surface area contributed by atoms with Crippen LogP contribution in [0, 0.1) is 0 Å². The van der Waals surface area contributed by atoms with Gasteiger partial charge in [0.25, 0.3) is 0 Å². The first-order valence-corrected chi connectivity index (χ1v) is 41.6. The van der Waals surface area contributed by atoms with E-state index in [0.717, 1.165) is 57.8 Å². The molecule has 96 heavy (non-hydrogen) atoms. The second-order valence-corrected chi connectivity index (χ2v) is 29.6. The molecule has 0 aromatic heterocycles. The van der Waals surface area contributed by atoms with Gasteiger partial charge in [-0.1, -0.05) is 372 Å². The zero-order chi connectivity index (χ0) is 69.4. The Hall–Kier alpha value is -1.53. The molecule has 2 aliphatic heterocycles. The van der Waals surface area contributed by atoms with Gasteiger partial charge in [-0.15, -0.1) is 0 Å². The van der Waals surface area contributed by atoms with Crippen molar-refractivity contribution in [2.45, 2.75) is 473 Å². The molecule has 12 unspecified atom stereocenters. The van der Waals surface area contributed by atoms with Crippen LogP contribution < -0.4 is 5.32 Å². The van der Waals surface area contributed by atoms with Crippen LogP contribution in [0.25, 0.3) is 0 Å². The first-order valence-electron chi connectivity index (χ1n) is 41.6. The highest BCUT2D eigenvalue weighted by molar-refractivity contribution is 5.76. The fourth-order valence-corrected chi connectivity index (χ4v) is 14.1. The van der Waals surface area contributed by atoms with E-state index in [1.807, 2.05) is 0 Å². The molecule has 9 N–H and O–H groups in total. The van der Waals surface area contributed by atoms with Gasteiger partial charge in [0.15, 0.2) is 12.6 Å². The first-order chi connectivity index (χ1) is 47.1. The van der Waals surface area contributed by atoms with E-state index in [-0.39, 0.29) is 12.5 Å². The molecule has 0 bridgehead atoms. The van der Waals surface area contributed by atoms with Gasteiger partial charge in [0.2, 0.25) is 5.91 Å². The number of allylic oxidation sites excluding steroid dienone is 4. The monoisotopic (exact) mass is 1360 g/mol. The lowest BCUT2D eigenvalue weighted by Crippen LogP contribution is -2.65. The van der Waals surface area contributed by atoms with Gasteiger partial charge in [-0.25, -0.2) is 0 Å². The Kier molecular flexibility index (Phi) is 62.9. The summed E-state index contributed by atoms with van der Waals surface area (Å²) < 4.78 is 23.0. The van der Waals surface area contributed by atoms with Crippen molar-refractivity contribution in [1.82, 2.24) is 5.32 Å².